The van der Waals surface area contributed by atoms with Crippen molar-refractivity contribution in [3.8, 4) is 11.1 Å². The number of aromatic nitrogens is 4. The summed E-state index contributed by atoms with van der Waals surface area (Å²) >= 11 is 1.76. The Morgan fingerprint density at radius 2 is 1.86 bits per heavy atom. The molecule has 138 valence electrons. The Kier molecular flexibility index (Phi) is 4.06. The first kappa shape index (κ1) is 16.9. The maximum absolute atomic E-state index is 4.58. The van der Waals surface area contributed by atoms with Crippen LogP contribution in [0.2, 0.25) is 0 Å². The molecule has 6 heteroatoms. The van der Waals surface area contributed by atoms with E-state index in [0.29, 0.717) is 0 Å². The molecule has 0 aliphatic heterocycles. The van der Waals surface area contributed by atoms with Crippen molar-refractivity contribution in [3.63, 3.8) is 0 Å². The normalized spacial score (nSPS) is 11.4. The predicted molar refractivity (Wildman–Crippen MR) is 116 cm³/mol. The van der Waals surface area contributed by atoms with Gasteiger partial charge in [-0.1, -0.05) is 24.3 Å². The molecular weight excluding hydrogens is 366 g/mol. The fraction of sp³-hybridized carbons (Fsp3) is 0.136. The molecule has 0 radical (unpaired) electrons. The van der Waals surface area contributed by atoms with Crippen molar-refractivity contribution in [2.45, 2.75) is 6.54 Å². The topological polar surface area (TPSA) is 46.8 Å². The minimum atomic E-state index is 0.827. The van der Waals surface area contributed by atoms with Crippen LogP contribution in [0.5, 0.6) is 0 Å². The summed E-state index contributed by atoms with van der Waals surface area (Å²) in [7, 11) is 4.02. The average Bonchev–Trinajstić information content (AvgIpc) is 3.34. The van der Waals surface area contributed by atoms with Gasteiger partial charge in [-0.05, 0) is 40.8 Å². The molecule has 0 N–H and O–H groups in total. The number of anilines is 1. The molecule has 5 nitrogen and oxygen atoms in total. The van der Waals surface area contributed by atoms with Crippen molar-refractivity contribution >= 4 is 39.0 Å². The van der Waals surface area contributed by atoms with E-state index in [9.17, 15) is 0 Å². The van der Waals surface area contributed by atoms with Crippen molar-refractivity contribution in [1.82, 2.24) is 19.7 Å². The molecule has 0 saturated heterocycles. The molecule has 0 amide bonds. The summed E-state index contributed by atoms with van der Waals surface area (Å²) in [5, 5.41) is 8.84. The third-order valence-electron chi connectivity index (χ3n) is 4.90. The molecule has 0 unspecified atom stereocenters. The zero-order chi connectivity index (χ0) is 19.1. The first-order chi connectivity index (χ1) is 13.7. The third kappa shape index (κ3) is 3.01. The first-order valence-electron chi connectivity index (χ1n) is 9.09. The molecule has 0 atom stereocenters. The predicted octanol–water partition coefficient (Wildman–Crippen LogP) is 4.88. The Morgan fingerprint density at radius 3 is 2.71 bits per heavy atom. The van der Waals surface area contributed by atoms with E-state index in [-0.39, 0.29) is 0 Å². The summed E-state index contributed by atoms with van der Waals surface area (Å²) < 4.78 is 1.85. The lowest BCUT2D eigenvalue weighted by molar-refractivity contribution is 0.780. The number of fused-ring (bicyclic) bond motifs is 2. The van der Waals surface area contributed by atoms with Gasteiger partial charge in [0.1, 0.15) is 12.1 Å². The smallest absolute Gasteiger partial charge is 0.139 e. The monoisotopic (exact) mass is 385 g/mol. The molecule has 2 aromatic carbocycles. The Balaban J connectivity index is 1.58. The molecule has 28 heavy (non-hydrogen) atoms. The van der Waals surface area contributed by atoms with Crippen LogP contribution in [0.25, 0.3) is 32.9 Å². The van der Waals surface area contributed by atoms with E-state index in [2.05, 4.69) is 80.9 Å². The van der Waals surface area contributed by atoms with Gasteiger partial charge in [-0.25, -0.2) is 9.97 Å². The number of benzene rings is 2. The Hall–Kier alpha value is -3.25. The van der Waals surface area contributed by atoms with Crippen LogP contribution in [0.1, 0.15) is 4.88 Å². The minimum Gasteiger partial charge on any atom is -0.354 e. The highest BCUT2D eigenvalue weighted by atomic mass is 32.1. The molecular formula is C22H19N5S. The maximum Gasteiger partial charge on any atom is 0.139 e. The molecule has 5 aromatic rings. The van der Waals surface area contributed by atoms with Crippen molar-refractivity contribution < 1.29 is 0 Å². The van der Waals surface area contributed by atoms with Gasteiger partial charge in [0.05, 0.1) is 17.6 Å². The van der Waals surface area contributed by atoms with Crippen LogP contribution in [-0.2, 0) is 13.6 Å². The fourth-order valence-corrected chi connectivity index (χ4v) is 4.31. The summed E-state index contributed by atoms with van der Waals surface area (Å²) in [6.45, 7) is 0.827. The number of hydrogen-bond donors (Lipinski definition) is 0. The largest absolute Gasteiger partial charge is 0.354 e. The number of hydrogen-bond acceptors (Lipinski definition) is 5. The average molecular weight is 385 g/mol. The van der Waals surface area contributed by atoms with Crippen LogP contribution < -0.4 is 4.90 Å². The Bertz CT molecular complexity index is 1270. The van der Waals surface area contributed by atoms with Crippen LogP contribution in [-0.4, -0.2) is 26.8 Å². The molecule has 0 spiro atoms. The molecule has 0 aliphatic rings. The molecule has 0 bridgehead atoms. The van der Waals surface area contributed by atoms with Gasteiger partial charge < -0.3 is 4.90 Å². The summed E-state index contributed by atoms with van der Waals surface area (Å²) in [6, 6.07) is 17.0. The van der Waals surface area contributed by atoms with Crippen molar-refractivity contribution in [3.05, 3.63) is 71.3 Å². The van der Waals surface area contributed by atoms with E-state index in [1.165, 1.54) is 4.88 Å². The molecule has 0 fully saturated rings. The van der Waals surface area contributed by atoms with Gasteiger partial charge >= 0.3 is 0 Å². The van der Waals surface area contributed by atoms with E-state index in [0.717, 1.165) is 45.3 Å². The highest BCUT2D eigenvalue weighted by Crippen LogP contribution is 2.30. The van der Waals surface area contributed by atoms with E-state index >= 15 is 0 Å². The van der Waals surface area contributed by atoms with Crippen molar-refractivity contribution in [1.29, 1.82) is 0 Å². The molecule has 3 heterocycles. The zero-order valence-corrected chi connectivity index (χ0v) is 16.5. The van der Waals surface area contributed by atoms with Crippen LogP contribution in [0.15, 0.2) is 66.4 Å². The standard InChI is InChI=1S/C22H19N5S/c1-26(13-18-4-3-9-28-18)22-19-10-15(7-8-20(19)23-14-24-22)16-5-6-17-12-27(2)25-21(17)11-16/h3-12,14H,13H2,1-2H3. The van der Waals surface area contributed by atoms with Gasteiger partial charge in [0, 0.05) is 35.9 Å². The van der Waals surface area contributed by atoms with Crippen molar-refractivity contribution in [2.75, 3.05) is 11.9 Å². The van der Waals surface area contributed by atoms with Crippen LogP contribution in [0, 0.1) is 0 Å². The van der Waals surface area contributed by atoms with E-state index < -0.39 is 0 Å². The second-order valence-electron chi connectivity index (χ2n) is 6.94. The molecule has 5 rings (SSSR count). The van der Waals surface area contributed by atoms with Gasteiger partial charge in [-0.3, -0.25) is 4.68 Å². The highest BCUT2D eigenvalue weighted by Gasteiger charge is 2.12. The molecule has 0 aliphatic carbocycles. The SMILES string of the molecule is CN(Cc1cccs1)c1ncnc2ccc(-c3ccc4cn(C)nc4c3)cc12. The minimum absolute atomic E-state index is 0.827. The van der Waals surface area contributed by atoms with Crippen LogP contribution in [0.4, 0.5) is 5.82 Å². The molecule has 3 aromatic heterocycles. The number of aryl methyl sites for hydroxylation is 1. The van der Waals surface area contributed by atoms with Gasteiger partial charge in [0.15, 0.2) is 0 Å². The number of rotatable bonds is 4. The van der Waals surface area contributed by atoms with Crippen LogP contribution in [0.3, 0.4) is 0 Å². The first-order valence-corrected chi connectivity index (χ1v) is 9.97. The zero-order valence-electron chi connectivity index (χ0n) is 15.7. The highest BCUT2D eigenvalue weighted by molar-refractivity contribution is 7.09. The van der Waals surface area contributed by atoms with Crippen LogP contribution >= 0.6 is 11.3 Å². The van der Waals surface area contributed by atoms with Gasteiger partial charge in [-0.15, -0.1) is 11.3 Å². The number of nitrogens with zero attached hydrogens (tertiary/aromatic N) is 5. The number of thiophene rings is 1. The second-order valence-corrected chi connectivity index (χ2v) is 7.97. The van der Waals surface area contributed by atoms with E-state index in [1.807, 2.05) is 17.9 Å². The summed E-state index contributed by atoms with van der Waals surface area (Å²) in [5.41, 5.74) is 4.23. The van der Waals surface area contributed by atoms with Crippen molar-refractivity contribution in [2.24, 2.45) is 7.05 Å². The quantitative estimate of drug-likeness (QED) is 0.442. The Labute approximate surface area is 166 Å². The van der Waals surface area contributed by atoms with Gasteiger partial charge in [0.2, 0.25) is 0 Å². The van der Waals surface area contributed by atoms with Gasteiger partial charge in [0.25, 0.3) is 0 Å². The second kappa shape index (κ2) is 6.73. The fourth-order valence-electron chi connectivity index (χ4n) is 3.56. The third-order valence-corrected chi connectivity index (χ3v) is 5.77. The lowest BCUT2D eigenvalue weighted by Gasteiger charge is -2.19. The maximum atomic E-state index is 4.58. The Morgan fingerprint density at radius 1 is 1.00 bits per heavy atom. The van der Waals surface area contributed by atoms with E-state index in [4.69, 9.17) is 0 Å². The lowest BCUT2D eigenvalue weighted by atomic mass is 10.0. The summed E-state index contributed by atoms with van der Waals surface area (Å²) in [4.78, 5) is 12.5. The summed E-state index contributed by atoms with van der Waals surface area (Å²) in [5.74, 6) is 0.944. The summed E-state index contributed by atoms with van der Waals surface area (Å²) in [6.07, 6.45) is 3.67. The lowest BCUT2D eigenvalue weighted by Crippen LogP contribution is -2.17. The van der Waals surface area contributed by atoms with Gasteiger partial charge in [-0.2, -0.15) is 5.10 Å². The molecule has 0 saturated carbocycles. The van der Waals surface area contributed by atoms with E-state index in [1.54, 1.807) is 17.7 Å².